The first-order chi connectivity index (χ1) is 16.7. The lowest BCUT2D eigenvalue weighted by atomic mass is 10.2. The summed E-state index contributed by atoms with van der Waals surface area (Å²) in [6.07, 6.45) is -2.94. The molecule has 0 amide bonds. The Morgan fingerprint density at radius 3 is 2.36 bits per heavy atom. The van der Waals surface area contributed by atoms with Crippen LogP contribution in [0.4, 0.5) is 0 Å². The van der Waals surface area contributed by atoms with Crippen LogP contribution in [0.1, 0.15) is 33.9 Å². The number of para-hydroxylation sites is 1. The number of nitrogens with one attached hydrogen (secondary N) is 2. The molecule has 0 aliphatic heterocycles. The SMILES string of the molecule is CC(C)OC(=O)C(C)NP(=O)(OC[C@@](N)(O[C@H](C)n1ccc(=O)[nH]c1=O)C(O)O)Oc1ccccc1. The second-order valence-corrected chi connectivity index (χ2v) is 9.77. The van der Waals surface area contributed by atoms with E-state index in [9.17, 15) is 29.2 Å². The van der Waals surface area contributed by atoms with Gasteiger partial charge in [0.25, 0.3) is 5.56 Å². The van der Waals surface area contributed by atoms with E-state index >= 15 is 0 Å². The van der Waals surface area contributed by atoms with Crippen LogP contribution in [0.5, 0.6) is 5.75 Å². The van der Waals surface area contributed by atoms with Crippen molar-refractivity contribution in [2.24, 2.45) is 5.73 Å². The van der Waals surface area contributed by atoms with Gasteiger partial charge in [-0.15, -0.1) is 0 Å². The Hall–Kier alpha value is -2.84. The van der Waals surface area contributed by atoms with Gasteiger partial charge in [-0.3, -0.25) is 29.4 Å². The number of H-pyrrole nitrogens is 1. The van der Waals surface area contributed by atoms with Crippen LogP contribution >= 0.6 is 7.75 Å². The summed E-state index contributed by atoms with van der Waals surface area (Å²) in [5, 5.41) is 22.2. The number of nitrogens with zero attached hydrogens (tertiary/aromatic N) is 1. The smallest absolute Gasteiger partial charge is 0.459 e. The van der Waals surface area contributed by atoms with E-state index in [4.69, 9.17) is 24.3 Å². The number of hydrogen-bond acceptors (Lipinski definition) is 11. The summed E-state index contributed by atoms with van der Waals surface area (Å²) >= 11 is 0. The van der Waals surface area contributed by atoms with Crippen molar-refractivity contribution in [3.63, 3.8) is 0 Å². The Morgan fingerprint density at radius 2 is 1.81 bits per heavy atom. The number of esters is 1. The molecule has 1 aromatic heterocycles. The standard InChI is InChI=1S/C21H31N4O10P/c1-13(2)33-18(27)14(3)24-36(31,35-16-8-6-5-7-9-16)32-12-21(22,19(28)29)34-15(4)25-11-10-17(26)23-20(25)30/h5-11,13-15,19,28-29H,12,22H2,1-4H3,(H,24,31)(H,23,26,30)/t14?,15-,21-,36?/m1/s1. The Morgan fingerprint density at radius 1 is 1.17 bits per heavy atom. The molecule has 1 aromatic carbocycles. The van der Waals surface area contributed by atoms with Gasteiger partial charge in [-0.25, -0.2) is 9.36 Å². The number of aliphatic hydroxyl groups excluding tert-OH is 1. The molecule has 0 spiro atoms. The minimum Gasteiger partial charge on any atom is -0.462 e. The molecular formula is C21H31N4O10P. The minimum atomic E-state index is -4.41. The second kappa shape index (κ2) is 12.4. The van der Waals surface area contributed by atoms with E-state index < -0.39 is 62.0 Å². The van der Waals surface area contributed by atoms with Gasteiger partial charge in [0.05, 0.1) is 6.10 Å². The second-order valence-electron chi connectivity index (χ2n) is 8.07. The molecule has 2 rings (SSSR count). The highest BCUT2D eigenvalue weighted by atomic mass is 31.2. The molecule has 6 N–H and O–H groups in total. The van der Waals surface area contributed by atoms with Gasteiger partial charge in [0.1, 0.15) is 24.6 Å². The van der Waals surface area contributed by atoms with Crippen LogP contribution in [0.25, 0.3) is 0 Å². The number of rotatable bonds is 13. The fraction of sp³-hybridized carbons (Fsp3) is 0.476. The number of aromatic amines is 1. The average Bonchev–Trinajstić information content (AvgIpc) is 2.77. The number of aliphatic hydroxyl groups is 2. The molecule has 14 nitrogen and oxygen atoms in total. The Kier molecular flexibility index (Phi) is 10.1. The van der Waals surface area contributed by atoms with Gasteiger partial charge < -0.3 is 24.2 Å². The first-order valence-electron chi connectivity index (χ1n) is 10.9. The van der Waals surface area contributed by atoms with Crippen molar-refractivity contribution in [2.45, 2.75) is 58.1 Å². The zero-order valence-corrected chi connectivity index (χ0v) is 21.1. The number of benzene rings is 1. The van der Waals surface area contributed by atoms with Crippen molar-refractivity contribution in [3.8, 4) is 5.75 Å². The van der Waals surface area contributed by atoms with Crippen molar-refractivity contribution in [1.82, 2.24) is 14.6 Å². The molecule has 0 radical (unpaired) electrons. The fourth-order valence-electron chi connectivity index (χ4n) is 2.78. The summed E-state index contributed by atoms with van der Waals surface area (Å²) in [5.41, 5.74) is 2.05. The fourth-order valence-corrected chi connectivity index (χ4v) is 4.31. The lowest BCUT2D eigenvalue weighted by molar-refractivity contribution is -0.247. The quantitative estimate of drug-likeness (QED) is 0.134. The van der Waals surface area contributed by atoms with Gasteiger partial charge in [0, 0.05) is 12.3 Å². The maximum absolute atomic E-state index is 13.6. The molecule has 36 heavy (non-hydrogen) atoms. The first-order valence-corrected chi connectivity index (χ1v) is 12.4. The average molecular weight is 530 g/mol. The minimum absolute atomic E-state index is 0.110. The number of carbonyl (C=O) groups excluding carboxylic acids is 1. The third-order valence-corrected chi connectivity index (χ3v) is 6.18. The van der Waals surface area contributed by atoms with E-state index in [-0.39, 0.29) is 5.75 Å². The van der Waals surface area contributed by atoms with Gasteiger partial charge in [0.15, 0.2) is 12.0 Å². The third-order valence-electron chi connectivity index (χ3n) is 4.56. The summed E-state index contributed by atoms with van der Waals surface area (Å²) < 4.78 is 35.9. The van der Waals surface area contributed by atoms with E-state index in [2.05, 4.69) is 5.09 Å². The highest BCUT2D eigenvalue weighted by Gasteiger charge is 2.42. The molecule has 1 heterocycles. The molecule has 0 aliphatic rings. The lowest BCUT2D eigenvalue weighted by Crippen LogP contribution is -2.58. The number of aromatic nitrogens is 2. The maximum atomic E-state index is 13.6. The zero-order chi connectivity index (χ0) is 27.1. The van der Waals surface area contributed by atoms with E-state index in [1.807, 2.05) is 4.98 Å². The Labute approximate surface area is 206 Å². The molecule has 200 valence electrons. The number of ether oxygens (including phenoxy) is 2. The van der Waals surface area contributed by atoms with Crippen molar-refractivity contribution in [1.29, 1.82) is 0 Å². The number of carbonyl (C=O) groups is 1. The lowest BCUT2D eigenvalue weighted by Gasteiger charge is -2.35. The topological polar surface area (TPSA) is 204 Å². The Bertz CT molecular complexity index is 1170. The van der Waals surface area contributed by atoms with E-state index in [1.54, 1.807) is 32.0 Å². The van der Waals surface area contributed by atoms with Gasteiger partial charge in [-0.05, 0) is 39.8 Å². The van der Waals surface area contributed by atoms with Crippen LogP contribution in [0, 0.1) is 0 Å². The van der Waals surface area contributed by atoms with Crippen LogP contribution in [-0.4, -0.2) is 56.5 Å². The van der Waals surface area contributed by atoms with Crippen LogP contribution in [0.3, 0.4) is 0 Å². The van der Waals surface area contributed by atoms with Gasteiger partial charge in [0.2, 0.25) is 0 Å². The van der Waals surface area contributed by atoms with E-state index in [0.29, 0.717) is 0 Å². The van der Waals surface area contributed by atoms with Crippen LogP contribution in [0.2, 0.25) is 0 Å². The monoisotopic (exact) mass is 530 g/mol. The van der Waals surface area contributed by atoms with Gasteiger partial charge in [-0.1, -0.05) is 18.2 Å². The van der Waals surface area contributed by atoms with Crippen molar-refractivity contribution >= 4 is 13.7 Å². The van der Waals surface area contributed by atoms with E-state index in [0.717, 1.165) is 16.8 Å². The van der Waals surface area contributed by atoms with Crippen LogP contribution < -0.4 is 26.6 Å². The number of nitrogens with two attached hydrogens (primary N) is 1. The van der Waals surface area contributed by atoms with Crippen molar-refractivity contribution in [2.75, 3.05) is 6.61 Å². The summed E-state index contributed by atoms with van der Waals surface area (Å²) in [5.74, 6) is -0.631. The molecule has 15 heteroatoms. The summed E-state index contributed by atoms with van der Waals surface area (Å²) in [6.45, 7) is 5.05. The third kappa shape index (κ3) is 8.38. The van der Waals surface area contributed by atoms with Gasteiger partial charge >= 0.3 is 19.4 Å². The molecule has 2 aromatic rings. The molecular weight excluding hydrogens is 499 g/mol. The summed E-state index contributed by atoms with van der Waals surface area (Å²) in [4.78, 5) is 37.6. The van der Waals surface area contributed by atoms with Crippen molar-refractivity contribution in [3.05, 3.63) is 63.4 Å². The highest BCUT2D eigenvalue weighted by molar-refractivity contribution is 7.52. The molecule has 0 aliphatic carbocycles. The molecule has 0 fully saturated rings. The summed E-state index contributed by atoms with van der Waals surface area (Å²) in [7, 11) is -4.41. The molecule has 2 unspecified atom stereocenters. The van der Waals surface area contributed by atoms with Crippen LogP contribution in [-0.2, 0) is 23.4 Å². The normalized spacial score (nSPS) is 16.7. The maximum Gasteiger partial charge on any atom is 0.459 e. The number of hydrogen-bond donors (Lipinski definition) is 5. The van der Waals surface area contributed by atoms with Gasteiger partial charge in [-0.2, -0.15) is 5.09 Å². The predicted octanol–water partition coefficient (Wildman–Crippen LogP) is 0.171. The van der Waals surface area contributed by atoms with Crippen LogP contribution in [0.15, 0.2) is 52.2 Å². The van der Waals surface area contributed by atoms with E-state index in [1.165, 1.54) is 26.0 Å². The first kappa shape index (κ1) is 29.4. The predicted molar refractivity (Wildman–Crippen MR) is 127 cm³/mol. The molecule has 0 saturated heterocycles. The highest BCUT2D eigenvalue weighted by Crippen LogP contribution is 2.45. The molecule has 0 bridgehead atoms. The largest absolute Gasteiger partial charge is 0.462 e. The van der Waals surface area contributed by atoms with Crippen molar-refractivity contribution < 1.29 is 38.1 Å². The zero-order valence-electron chi connectivity index (χ0n) is 20.2. The molecule has 0 saturated carbocycles. The summed E-state index contributed by atoms with van der Waals surface area (Å²) in [6, 6.07) is 7.75. The Balaban J connectivity index is 2.27. The molecule has 4 atom stereocenters.